The number of hydrogen-bond acceptors (Lipinski definition) is 3. The number of halogens is 1. The summed E-state index contributed by atoms with van der Waals surface area (Å²) in [7, 11) is 0. The van der Waals surface area contributed by atoms with Gasteiger partial charge in [0.25, 0.3) is 0 Å². The topological polar surface area (TPSA) is 49.3 Å². The molecule has 1 amide bonds. The second-order valence-corrected chi connectivity index (χ2v) is 5.75. The third kappa shape index (κ3) is 5.85. The Morgan fingerprint density at radius 3 is 2.58 bits per heavy atom. The Bertz CT molecular complexity index is 397. The van der Waals surface area contributed by atoms with E-state index in [1.165, 1.54) is 0 Å². The van der Waals surface area contributed by atoms with Gasteiger partial charge in [-0.15, -0.1) is 0 Å². The SMILES string of the molecule is CCC(CSC)NC(=O)CC(O)c1ccc(Cl)cc1. The monoisotopic (exact) mass is 301 g/mol. The van der Waals surface area contributed by atoms with Crippen molar-refractivity contribution >= 4 is 29.3 Å². The van der Waals surface area contributed by atoms with Gasteiger partial charge in [0.15, 0.2) is 0 Å². The highest BCUT2D eigenvalue weighted by molar-refractivity contribution is 7.98. The quantitative estimate of drug-likeness (QED) is 0.814. The Balaban J connectivity index is 2.49. The molecule has 2 atom stereocenters. The highest BCUT2D eigenvalue weighted by Gasteiger charge is 2.15. The molecule has 0 saturated carbocycles. The largest absolute Gasteiger partial charge is 0.388 e. The van der Waals surface area contributed by atoms with Gasteiger partial charge in [0.1, 0.15) is 0 Å². The number of carbonyl (C=O) groups is 1. The number of thioether (sulfide) groups is 1. The van der Waals surface area contributed by atoms with Crippen molar-refractivity contribution in [1.29, 1.82) is 0 Å². The zero-order valence-electron chi connectivity index (χ0n) is 11.2. The standard InChI is InChI=1S/C14H20ClNO2S/c1-3-12(9-19-2)16-14(18)8-13(17)10-4-6-11(15)7-5-10/h4-7,12-13,17H,3,8-9H2,1-2H3,(H,16,18). The molecule has 0 fully saturated rings. The normalized spacial score (nSPS) is 13.9. The highest BCUT2D eigenvalue weighted by Crippen LogP contribution is 2.19. The Morgan fingerprint density at radius 2 is 2.05 bits per heavy atom. The number of amides is 1. The molecule has 0 saturated heterocycles. The van der Waals surface area contributed by atoms with Crippen LogP contribution in [0.2, 0.25) is 5.02 Å². The fourth-order valence-corrected chi connectivity index (χ4v) is 2.58. The molecule has 19 heavy (non-hydrogen) atoms. The zero-order chi connectivity index (χ0) is 14.3. The smallest absolute Gasteiger partial charge is 0.223 e. The number of benzene rings is 1. The second kappa shape index (κ2) is 8.46. The highest BCUT2D eigenvalue weighted by atomic mass is 35.5. The number of hydrogen-bond donors (Lipinski definition) is 2. The Hall–Kier alpha value is -0.710. The maximum Gasteiger partial charge on any atom is 0.223 e. The van der Waals surface area contributed by atoms with E-state index in [1.54, 1.807) is 36.0 Å². The summed E-state index contributed by atoms with van der Waals surface area (Å²) < 4.78 is 0. The third-order valence-electron chi connectivity index (χ3n) is 2.86. The van der Waals surface area contributed by atoms with E-state index in [1.807, 2.05) is 13.2 Å². The van der Waals surface area contributed by atoms with Crippen LogP contribution in [0.3, 0.4) is 0 Å². The molecule has 0 aliphatic rings. The summed E-state index contributed by atoms with van der Waals surface area (Å²) in [6.45, 7) is 2.04. The molecule has 0 radical (unpaired) electrons. The lowest BCUT2D eigenvalue weighted by atomic mass is 10.1. The molecule has 1 rings (SSSR count). The molecule has 0 aliphatic heterocycles. The number of carbonyl (C=O) groups excluding carboxylic acids is 1. The minimum Gasteiger partial charge on any atom is -0.388 e. The van der Waals surface area contributed by atoms with Crippen LogP contribution in [0.1, 0.15) is 31.4 Å². The van der Waals surface area contributed by atoms with Crippen LogP contribution in [0.5, 0.6) is 0 Å². The lowest BCUT2D eigenvalue weighted by molar-refractivity contribution is -0.123. The van der Waals surface area contributed by atoms with Crippen LogP contribution in [0, 0.1) is 0 Å². The first-order chi connectivity index (χ1) is 9.06. The average Bonchev–Trinajstić information content (AvgIpc) is 2.38. The molecule has 0 aliphatic carbocycles. The lowest BCUT2D eigenvalue weighted by Crippen LogP contribution is -2.36. The van der Waals surface area contributed by atoms with Crippen molar-refractivity contribution in [3.8, 4) is 0 Å². The molecule has 0 spiro atoms. The summed E-state index contributed by atoms with van der Waals surface area (Å²) in [5.41, 5.74) is 0.706. The molecule has 106 valence electrons. The van der Waals surface area contributed by atoms with Crippen molar-refractivity contribution in [1.82, 2.24) is 5.32 Å². The van der Waals surface area contributed by atoms with Crippen molar-refractivity contribution in [2.45, 2.75) is 31.9 Å². The van der Waals surface area contributed by atoms with Crippen LogP contribution in [0.4, 0.5) is 0 Å². The minimum absolute atomic E-state index is 0.0759. The van der Waals surface area contributed by atoms with E-state index in [0.29, 0.717) is 10.6 Å². The predicted octanol–water partition coefficient (Wildman–Crippen LogP) is 3.02. The Labute approximate surface area is 123 Å². The van der Waals surface area contributed by atoms with Crippen LogP contribution in [0.25, 0.3) is 0 Å². The van der Waals surface area contributed by atoms with Crippen molar-refractivity contribution in [2.24, 2.45) is 0 Å². The van der Waals surface area contributed by atoms with Crippen molar-refractivity contribution in [2.75, 3.05) is 12.0 Å². The summed E-state index contributed by atoms with van der Waals surface area (Å²) in [5.74, 6) is 0.766. The molecule has 2 N–H and O–H groups in total. The maximum atomic E-state index is 11.8. The van der Waals surface area contributed by atoms with Gasteiger partial charge in [-0.1, -0.05) is 30.7 Å². The first kappa shape index (κ1) is 16.3. The van der Waals surface area contributed by atoms with Crippen LogP contribution in [-0.4, -0.2) is 29.1 Å². The van der Waals surface area contributed by atoms with Gasteiger partial charge >= 0.3 is 0 Å². The van der Waals surface area contributed by atoms with Gasteiger partial charge in [-0.2, -0.15) is 11.8 Å². The molecule has 2 unspecified atom stereocenters. The molecule has 0 aromatic heterocycles. The van der Waals surface area contributed by atoms with E-state index in [2.05, 4.69) is 5.32 Å². The van der Waals surface area contributed by atoms with E-state index >= 15 is 0 Å². The lowest BCUT2D eigenvalue weighted by Gasteiger charge is -2.17. The van der Waals surface area contributed by atoms with Gasteiger partial charge in [0.2, 0.25) is 5.91 Å². The summed E-state index contributed by atoms with van der Waals surface area (Å²) >= 11 is 7.48. The van der Waals surface area contributed by atoms with Crippen LogP contribution in [-0.2, 0) is 4.79 Å². The van der Waals surface area contributed by atoms with Gasteiger partial charge in [0.05, 0.1) is 12.5 Å². The molecule has 1 aromatic carbocycles. The molecule has 1 aromatic rings. The van der Waals surface area contributed by atoms with Gasteiger partial charge in [0, 0.05) is 16.8 Å². The Morgan fingerprint density at radius 1 is 1.42 bits per heavy atom. The predicted molar refractivity (Wildman–Crippen MR) is 81.6 cm³/mol. The fourth-order valence-electron chi connectivity index (χ4n) is 1.73. The maximum absolute atomic E-state index is 11.8. The van der Waals surface area contributed by atoms with Gasteiger partial charge in [-0.25, -0.2) is 0 Å². The van der Waals surface area contributed by atoms with Crippen LogP contribution < -0.4 is 5.32 Å². The van der Waals surface area contributed by atoms with Gasteiger partial charge in [-0.3, -0.25) is 4.79 Å². The summed E-state index contributed by atoms with van der Waals surface area (Å²) in [4.78, 5) is 11.8. The Kier molecular flexibility index (Phi) is 7.28. The van der Waals surface area contributed by atoms with E-state index in [4.69, 9.17) is 11.6 Å². The second-order valence-electron chi connectivity index (χ2n) is 4.40. The minimum atomic E-state index is -0.788. The molecule has 0 heterocycles. The van der Waals surface area contributed by atoms with E-state index in [9.17, 15) is 9.90 Å². The number of aliphatic hydroxyl groups is 1. The number of aliphatic hydroxyl groups excluding tert-OH is 1. The van der Waals surface area contributed by atoms with Crippen molar-refractivity contribution < 1.29 is 9.90 Å². The average molecular weight is 302 g/mol. The molecular formula is C14H20ClNO2S. The van der Waals surface area contributed by atoms with Crippen LogP contribution in [0.15, 0.2) is 24.3 Å². The van der Waals surface area contributed by atoms with Gasteiger partial charge < -0.3 is 10.4 Å². The summed E-state index contributed by atoms with van der Waals surface area (Å²) in [6.07, 6.45) is 2.19. The number of nitrogens with one attached hydrogen (secondary N) is 1. The zero-order valence-corrected chi connectivity index (χ0v) is 12.8. The van der Waals surface area contributed by atoms with E-state index in [0.717, 1.165) is 12.2 Å². The summed E-state index contributed by atoms with van der Waals surface area (Å²) in [5, 5.41) is 13.5. The van der Waals surface area contributed by atoms with E-state index in [-0.39, 0.29) is 18.4 Å². The van der Waals surface area contributed by atoms with Crippen LogP contribution >= 0.6 is 23.4 Å². The first-order valence-corrected chi connectivity index (χ1v) is 8.05. The summed E-state index contributed by atoms with van der Waals surface area (Å²) in [6, 6.07) is 7.06. The van der Waals surface area contributed by atoms with Crippen molar-refractivity contribution in [3.63, 3.8) is 0 Å². The van der Waals surface area contributed by atoms with Crippen molar-refractivity contribution in [3.05, 3.63) is 34.9 Å². The molecule has 0 bridgehead atoms. The fraction of sp³-hybridized carbons (Fsp3) is 0.500. The molecule has 5 heteroatoms. The van der Waals surface area contributed by atoms with E-state index < -0.39 is 6.10 Å². The number of rotatable bonds is 7. The molecule has 3 nitrogen and oxygen atoms in total. The molecular weight excluding hydrogens is 282 g/mol. The first-order valence-electron chi connectivity index (χ1n) is 6.28. The third-order valence-corrected chi connectivity index (χ3v) is 3.85. The van der Waals surface area contributed by atoms with Gasteiger partial charge in [-0.05, 0) is 30.4 Å².